The van der Waals surface area contributed by atoms with Gasteiger partial charge >= 0.3 is 5.97 Å². The van der Waals surface area contributed by atoms with Crippen molar-refractivity contribution >= 4 is 5.97 Å². The fraction of sp³-hybridized carbons (Fsp3) is 0.650. The lowest BCUT2D eigenvalue weighted by atomic mass is 10.00. The predicted octanol–water partition coefficient (Wildman–Crippen LogP) is 2.08. The Balaban J connectivity index is 1.74. The van der Waals surface area contributed by atoms with Crippen LogP contribution in [0.2, 0.25) is 0 Å². The third-order valence-corrected chi connectivity index (χ3v) is 5.01. The highest BCUT2D eigenvalue weighted by Gasteiger charge is 2.35. The minimum absolute atomic E-state index is 0.199. The highest BCUT2D eigenvalue weighted by molar-refractivity contribution is 5.75. The summed E-state index contributed by atoms with van der Waals surface area (Å²) in [6.07, 6.45) is 2.61. The predicted molar refractivity (Wildman–Crippen MR) is 97.0 cm³/mol. The van der Waals surface area contributed by atoms with E-state index in [2.05, 4.69) is 0 Å². The van der Waals surface area contributed by atoms with Crippen molar-refractivity contribution < 1.29 is 23.7 Å². The minimum Gasteiger partial charge on any atom is -0.497 e. The van der Waals surface area contributed by atoms with Gasteiger partial charge in [-0.1, -0.05) is 12.1 Å². The first-order valence-corrected chi connectivity index (χ1v) is 9.39. The number of carbonyl (C=O) groups is 1. The Morgan fingerprint density at radius 2 is 1.92 bits per heavy atom. The maximum Gasteiger partial charge on any atom is 0.323 e. The largest absolute Gasteiger partial charge is 0.497 e. The maximum atomic E-state index is 12.1. The average molecular weight is 363 g/mol. The van der Waals surface area contributed by atoms with Gasteiger partial charge in [-0.15, -0.1) is 0 Å². The summed E-state index contributed by atoms with van der Waals surface area (Å²) in [5.41, 5.74) is 7.00. The number of cyclic esters (lactones) is 1. The second kappa shape index (κ2) is 8.84. The molecule has 6 nitrogen and oxygen atoms in total. The van der Waals surface area contributed by atoms with E-state index in [9.17, 15) is 4.79 Å². The van der Waals surface area contributed by atoms with Gasteiger partial charge in [-0.05, 0) is 49.8 Å². The smallest absolute Gasteiger partial charge is 0.323 e. The second-order valence-corrected chi connectivity index (χ2v) is 7.24. The molecule has 2 fully saturated rings. The molecule has 1 aliphatic heterocycles. The molecule has 0 spiro atoms. The highest BCUT2D eigenvalue weighted by atomic mass is 16.6. The molecule has 0 amide bonds. The molecule has 26 heavy (non-hydrogen) atoms. The quantitative estimate of drug-likeness (QED) is 0.780. The van der Waals surface area contributed by atoms with E-state index in [-0.39, 0.29) is 18.2 Å². The van der Waals surface area contributed by atoms with Gasteiger partial charge < -0.3 is 24.7 Å². The fourth-order valence-electron chi connectivity index (χ4n) is 3.14. The Morgan fingerprint density at radius 3 is 2.58 bits per heavy atom. The Labute approximate surface area is 154 Å². The van der Waals surface area contributed by atoms with Crippen LogP contribution < -0.4 is 10.5 Å². The van der Waals surface area contributed by atoms with Crippen molar-refractivity contribution in [3.8, 4) is 5.75 Å². The van der Waals surface area contributed by atoms with Crippen molar-refractivity contribution in [2.24, 2.45) is 11.7 Å². The molecular formula is C20H29NO5. The van der Waals surface area contributed by atoms with E-state index in [1.807, 2.05) is 31.2 Å². The molecule has 1 aliphatic carbocycles. The maximum absolute atomic E-state index is 12.1. The lowest BCUT2D eigenvalue weighted by Gasteiger charge is -2.31. The molecule has 4 atom stereocenters. The van der Waals surface area contributed by atoms with Crippen LogP contribution in [0.3, 0.4) is 0 Å². The van der Waals surface area contributed by atoms with E-state index in [4.69, 9.17) is 24.7 Å². The van der Waals surface area contributed by atoms with Crippen molar-refractivity contribution in [2.75, 3.05) is 20.3 Å². The number of esters is 1. The van der Waals surface area contributed by atoms with Crippen LogP contribution in [0.5, 0.6) is 5.75 Å². The number of nitrogens with two attached hydrogens (primary N) is 1. The third kappa shape index (κ3) is 5.19. The van der Waals surface area contributed by atoms with E-state index in [0.29, 0.717) is 32.0 Å². The topological polar surface area (TPSA) is 80.0 Å². The molecule has 1 aromatic carbocycles. The monoisotopic (exact) mass is 363 g/mol. The molecule has 1 saturated heterocycles. The van der Waals surface area contributed by atoms with E-state index < -0.39 is 12.1 Å². The van der Waals surface area contributed by atoms with Gasteiger partial charge in [0.05, 0.1) is 19.8 Å². The van der Waals surface area contributed by atoms with Gasteiger partial charge in [0.1, 0.15) is 24.0 Å². The summed E-state index contributed by atoms with van der Waals surface area (Å²) in [6, 6.07) is 7.26. The lowest BCUT2D eigenvalue weighted by molar-refractivity contribution is -0.164. The van der Waals surface area contributed by atoms with Crippen molar-refractivity contribution in [3.05, 3.63) is 29.8 Å². The first-order valence-electron chi connectivity index (χ1n) is 9.39. The van der Waals surface area contributed by atoms with Crippen LogP contribution in [0.25, 0.3) is 0 Å². The summed E-state index contributed by atoms with van der Waals surface area (Å²) in [5, 5.41) is 0. The van der Waals surface area contributed by atoms with Crippen LogP contribution >= 0.6 is 0 Å². The van der Waals surface area contributed by atoms with Crippen LogP contribution in [0.1, 0.15) is 31.7 Å². The normalized spacial score (nSPS) is 30.0. The van der Waals surface area contributed by atoms with E-state index in [1.54, 1.807) is 7.11 Å². The molecule has 0 bridgehead atoms. The van der Waals surface area contributed by atoms with Gasteiger partial charge in [0.25, 0.3) is 0 Å². The molecule has 144 valence electrons. The zero-order chi connectivity index (χ0) is 18.5. The standard InChI is InChI=1S/C20H29NO5/c1-13-19(25-12-15-3-4-15)18(24-10-9-17(21)20(22)26-13)11-14-5-7-16(23-2)8-6-14/h5-8,13,15,17-19H,3-4,9-12,21H2,1-2H3/t13-,17-,18+,19-/m0/s1. The van der Waals surface area contributed by atoms with Crippen LogP contribution in [-0.4, -0.2) is 50.6 Å². The number of carbonyl (C=O) groups excluding carboxylic acids is 1. The third-order valence-electron chi connectivity index (χ3n) is 5.01. The van der Waals surface area contributed by atoms with Crippen LogP contribution in [-0.2, 0) is 25.4 Å². The summed E-state index contributed by atoms with van der Waals surface area (Å²) in [5.74, 6) is 1.06. The molecule has 0 aromatic heterocycles. The summed E-state index contributed by atoms with van der Waals surface area (Å²) >= 11 is 0. The van der Waals surface area contributed by atoms with Crippen molar-refractivity contribution in [2.45, 2.75) is 57.0 Å². The molecule has 6 heteroatoms. The van der Waals surface area contributed by atoms with E-state index in [1.165, 1.54) is 12.8 Å². The highest BCUT2D eigenvalue weighted by Crippen LogP contribution is 2.30. The molecule has 1 heterocycles. The summed E-state index contributed by atoms with van der Waals surface area (Å²) in [7, 11) is 1.65. The van der Waals surface area contributed by atoms with Gasteiger partial charge in [-0.25, -0.2) is 0 Å². The van der Waals surface area contributed by atoms with Crippen LogP contribution in [0.15, 0.2) is 24.3 Å². The van der Waals surface area contributed by atoms with Crippen molar-refractivity contribution in [1.82, 2.24) is 0 Å². The Hall–Kier alpha value is -1.63. The van der Waals surface area contributed by atoms with E-state index >= 15 is 0 Å². The van der Waals surface area contributed by atoms with Gasteiger partial charge in [0.15, 0.2) is 0 Å². The summed E-state index contributed by atoms with van der Waals surface area (Å²) in [6.45, 7) is 2.95. The number of ether oxygens (including phenoxy) is 4. The fourth-order valence-corrected chi connectivity index (χ4v) is 3.14. The van der Waals surface area contributed by atoms with Crippen molar-refractivity contribution in [1.29, 1.82) is 0 Å². The number of hydrogen-bond donors (Lipinski definition) is 1. The molecule has 2 aliphatic rings. The molecule has 1 saturated carbocycles. The second-order valence-electron chi connectivity index (χ2n) is 7.24. The van der Waals surface area contributed by atoms with Crippen LogP contribution in [0.4, 0.5) is 0 Å². The SMILES string of the molecule is COc1ccc(C[C@H]2OCC[C@H](N)C(=O)O[C@@H](C)[C@@H]2OCC2CC2)cc1. The van der Waals surface area contributed by atoms with E-state index in [0.717, 1.165) is 11.3 Å². The van der Waals surface area contributed by atoms with Crippen molar-refractivity contribution in [3.63, 3.8) is 0 Å². The zero-order valence-corrected chi connectivity index (χ0v) is 15.6. The molecule has 0 unspecified atom stereocenters. The number of hydrogen-bond acceptors (Lipinski definition) is 6. The Morgan fingerprint density at radius 1 is 1.19 bits per heavy atom. The number of rotatable bonds is 6. The molecule has 2 N–H and O–H groups in total. The van der Waals surface area contributed by atoms with Crippen LogP contribution in [0, 0.1) is 5.92 Å². The first kappa shape index (κ1) is 19.1. The van der Waals surface area contributed by atoms with Gasteiger partial charge in [-0.3, -0.25) is 4.79 Å². The summed E-state index contributed by atoms with van der Waals surface area (Å²) < 4.78 is 23.0. The number of methoxy groups -OCH3 is 1. The molecule has 1 aromatic rings. The first-order chi connectivity index (χ1) is 12.6. The Kier molecular flexibility index (Phi) is 6.51. The lowest BCUT2D eigenvalue weighted by Crippen LogP contribution is -2.44. The molecular weight excluding hydrogens is 334 g/mol. The summed E-state index contributed by atoms with van der Waals surface area (Å²) in [4.78, 5) is 12.1. The number of benzene rings is 1. The van der Waals surface area contributed by atoms with Gasteiger partial charge in [0, 0.05) is 13.0 Å². The zero-order valence-electron chi connectivity index (χ0n) is 15.6. The minimum atomic E-state index is -0.652. The Bertz CT molecular complexity index is 586. The average Bonchev–Trinajstić information content (AvgIpc) is 3.45. The van der Waals surface area contributed by atoms with Gasteiger partial charge in [0.2, 0.25) is 0 Å². The van der Waals surface area contributed by atoms with Gasteiger partial charge in [-0.2, -0.15) is 0 Å². The molecule has 3 rings (SSSR count). The molecule has 0 radical (unpaired) electrons.